The van der Waals surface area contributed by atoms with Gasteiger partial charge in [0.2, 0.25) is 12.2 Å². The third-order valence-corrected chi connectivity index (χ3v) is 4.01. The van der Waals surface area contributed by atoms with Gasteiger partial charge in [-0.15, -0.1) is 0 Å². The number of aryl methyl sites for hydroxylation is 1. The van der Waals surface area contributed by atoms with Crippen molar-refractivity contribution in [3.8, 4) is 5.75 Å². The number of benzene rings is 1. The van der Waals surface area contributed by atoms with Gasteiger partial charge in [0, 0.05) is 15.2 Å². The van der Waals surface area contributed by atoms with Gasteiger partial charge in [-0.05, 0) is 24.6 Å². The summed E-state index contributed by atoms with van der Waals surface area (Å²) in [6.07, 6.45) is 1.16. The Morgan fingerprint density at radius 2 is 2.21 bits per heavy atom. The predicted molar refractivity (Wildman–Crippen MR) is 70.5 cm³/mol. The van der Waals surface area contributed by atoms with E-state index in [1.165, 1.54) is 6.07 Å². The van der Waals surface area contributed by atoms with Crippen LogP contribution in [-0.2, 0) is 15.7 Å². The molecule has 0 aliphatic rings. The van der Waals surface area contributed by atoms with Crippen LogP contribution < -0.4 is 4.74 Å². The molecule has 102 valence electrons. The van der Waals surface area contributed by atoms with Crippen molar-refractivity contribution < 1.29 is 17.7 Å². The van der Waals surface area contributed by atoms with Crippen molar-refractivity contribution in [2.75, 3.05) is 0 Å². The molecule has 0 unspecified atom stereocenters. The van der Waals surface area contributed by atoms with Crippen molar-refractivity contribution in [2.24, 2.45) is 0 Å². The molecule has 0 radical (unpaired) electrons. The van der Waals surface area contributed by atoms with Crippen LogP contribution in [0.3, 0.4) is 0 Å². The minimum atomic E-state index is -3.92. The molecule has 0 atom stereocenters. The lowest BCUT2D eigenvalue weighted by Crippen LogP contribution is -2.04. The molecule has 1 aromatic heterocycles. The smallest absolute Gasteiger partial charge is 0.265 e. The Morgan fingerprint density at radius 1 is 1.47 bits per heavy atom. The fraction of sp³-hybridized carbons (Fsp3) is 0.200. The van der Waals surface area contributed by atoms with Crippen molar-refractivity contribution in [3.05, 3.63) is 34.4 Å². The number of hydrogen-bond acceptors (Lipinski definition) is 6. The minimum absolute atomic E-state index is 0.0155. The molecule has 6 nitrogen and oxygen atoms in total. The SMILES string of the molecule is Cc1cc(Br)cc(S(=O)(=O)Cl)c1OCc1ncon1. The Morgan fingerprint density at radius 3 is 2.79 bits per heavy atom. The monoisotopic (exact) mass is 366 g/mol. The second-order valence-electron chi connectivity index (χ2n) is 3.62. The first-order valence-corrected chi connectivity index (χ1v) is 8.11. The number of hydrogen-bond donors (Lipinski definition) is 0. The fourth-order valence-corrected chi connectivity index (χ4v) is 3.23. The van der Waals surface area contributed by atoms with Crippen LogP contribution in [0, 0.1) is 6.92 Å². The molecule has 0 aliphatic carbocycles. The van der Waals surface area contributed by atoms with E-state index in [0.717, 1.165) is 6.39 Å². The first kappa shape index (κ1) is 14.3. The van der Waals surface area contributed by atoms with Crippen molar-refractivity contribution >= 4 is 35.7 Å². The molecule has 0 aliphatic heterocycles. The minimum Gasteiger partial charge on any atom is -0.484 e. The largest absolute Gasteiger partial charge is 0.484 e. The van der Waals surface area contributed by atoms with Crippen molar-refractivity contribution in [1.29, 1.82) is 0 Å². The van der Waals surface area contributed by atoms with Gasteiger partial charge in [-0.2, -0.15) is 4.98 Å². The van der Waals surface area contributed by atoms with E-state index in [1.807, 2.05) is 0 Å². The maximum Gasteiger partial charge on any atom is 0.265 e. The molecular weight excluding hydrogens is 360 g/mol. The third kappa shape index (κ3) is 3.46. The first-order valence-electron chi connectivity index (χ1n) is 5.01. The zero-order chi connectivity index (χ0) is 14.0. The van der Waals surface area contributed by atoms with Crippen LogP contribution in [0.15, 0.2) is 32.4 Å². The molecule has 9 heteroatoms. The van der Waals surface area contributed by atoms with Crippen LogP contribution in [0.25, 0.3) is 0 Å². The summed E-state index contributed by atoms with van der Waals surface area (Å²) in [7, 11) is 1.47. The topological polar surface area (TPSA) is 82.3 Å². The summed E-state index contributed by atoms with van der Waals surface area (Å²) < 4.78 is 33.6. The maximum atomic E-state index is 11.5. The van der Waals surface area contributed by atoms with E-state index in [4.69, 9.17) is 15.4 Å². The zero-order valence-electron chi connectivity index (χ0n) is 9.63. The van der Waals surface area contributed by atoms with Crippen LogP contribution in [-0.4, -0.2) is 18.6 Å². The van der Waals surface area contributed by atoms with Gasteiger partial charge in [-0.3, -0.25) is 0 Å². The lowest BCUT2D eigenvalue weighted by Gasteiger charge is -2.11. The highest BCUT2D eigenvalue weighted by Gasteiger charge is 2.20. The molecule has 0 saturated heterocycles. The molecule has 0 N–H and O–H groups in total. The summed E-state index contributed by atoms with van der Waals surface area (Å²) in [5.41, 5.74) is 0.622. The molecule has 0 saturated carbocycles. The molecule has 2 aromatic rings. The molecule has 0 bridgehead atoms. The Balaban J connectivity index is 2.38. The molecule has 1 heterocycles. The van der Waals surface area contributed by atoms with Gasteiger partial charge in [0.05, 0.1) is 0 Å². The highest BCUT2D eigenvalue weighted by molar-refractivity contribution is 9.10. The number of rotatable bonds is 4. The molecule has 0 fully saturated rings. The molecular formula is C10H8BrClN2O4S. The van der Waals surface area contributed by atoms with Crippen LogP contribution in [0.1, 0.15) is 11.4 Å². The summed E-state index contributed by atoms with van der Waals surface area (Å²) in [6, 6.07) is 3.10. The number of ether oxygens (including phenoxy) is 1. The number of halogens is 2. The second kappa shape index (κ2) is 5.48. The van der Waals surface area contributed by atoms with E-state index in [2.05, 4.69) is 30.6 Å². The Bertz CT molecular complexity index is 688. The van der Waals surface area contributed by atoms with Gasteiger partial charge >= 0.3 is 0 Å². The van der Waals surface area contributed by atoms with Crippen LogP contribution >= 0.6 is 26.6 Å². The van der Waals surface area contributed by atoms with Crippen LogP contribution in [0.2, 0.25) is 0 Å². The predicted octanol–water partition coefficient (Wildman–Crippen LogP) is 2.65. The summed E-state index contributed by atoms with van der Waals surface area (Å²) in [5, 5.41) is 3.57. The van der Waals surface area contributed by atoms with E-state index in [9.17, 15) is 8.42 Å². The number of aromatic nitrogens is 2. The summed E-state index contributed by atoms with van der Waals surface area (Å²) in [4.78, 5) is 3.67. The van der Waals surface area contributed by atoms with Gasteiger partial charge in [-0.25, -0.2) is 8.42 Å². The van der Waals surface area contributed by atoms with E-state index >= 15 is 0 Å². The Hall–Kier alpha value is -1.12. The Kier molecular flexibility index (Phi) is 4.12. The van der Waals surface area contributed by atoms with E-state index in [-0.39, 0.29) is 17.3 Å². The summed E-state index contributed by atoms with van der Waals surface area (Å²) in [5.74, 6) is 0.475. The van der Waals surface area contributed by atoms with E-state index in [1.54, 1.807) is 13.0 Å². The molecule has 0 spiro atoms. The normalized spacial score (nSPS) is 11.5. The summed E-state index contributed by atoms with van der Waals surface area (Å²) >= 11 is 3.21. The van der Waals surface area contributed by atoms with Crippen molar-refractivity contribution in [1.82, 2.24) is 10.1 Å². The van der Waals surface area contributed by atoms with Gasteiger partial charge in [0.15, 0.2) is 6.61 Å². The highest BCUT2D eigenvalue weighted by Crippen LogP contribution is 2.34. The van der Waals surface area contributed by atoms with E-state index < -0.39 is 9.05 Å². The quantitative estimate of drug-likeness (QED) is 0.773. The van der Waals surface area contributed by atoms with Crippen LogP contribution in [0.5, 0.6) is 5.75 Å². The molecule has 1 aromatic carbocycles. The highest BCUT2D eigenvalue weighted by atomic mass is 79.9. The standard InChI is InChI=1S/C10H8BrClN2O4S/c1-6-2-7(11)3-8(19(12,15)16)10(6)17-4-9-13-5-18-14-9/h2-3,5H,4H2,1H3. The average Bonchev–Trinajstić information content (AvgIpc) is 2.78. The third-order valence-electron chi connectivity index (χ3n) is 2.22. The van der Waals surface area contributed by atoms with Gasteiger partial charge in [-0.1, -0.05) is 21.1 Å². The molecule has 19 heavy (non-hydrogen) atoms. The lowest BCUT2D eigenvalue weighted by molar-refractivity contribution is 0.278. The van der Waals surface area contributed by atoms with Crippen molar-refractivity contribution in [2.45, 2.75) is 18.4 Å². The molecule has 0 amide bonds. The molecule has 2 rings (SSSR count). The summed E-state index contributed by atoms with van der Waals surface area (Å²) in [6.45, 7) is 1.69. The van der Waals surface area contributed by atoms with Crippen LogP contribution in [0.4, 0.5) is 0 Å². The van der Waals surface area contributed by atoms with Gasteiger partial charge in [0.1, 0.15) is 10.6 Å². The van der Waals surface area contributed by atoms with Gasteiger partial charge in [0.25, 0.3) is 9.05 Å². The lowest BCUT2D eigenvalue weighted by atomic mass is 10.2. The number of nitrogens with zero attached hydrogens (tertiary/aromatic N) is 2. The fourth-order valence-electron chi connectivity index (χ4n) is 1.46. The second-order valence-corrected chi connectivity index (χ2v) is 7.07. The van der Waals surface area contributed by atoms with E-state index in [0.29, 0.717) is 15.9 Å². The van der Waals surface area contributed by atoms with Gasteiger partial charge < -0.3 is 9.26 Å². The van der Waals surface area contributed by atoms with Crippen molar-refractivity contribution in [3.63, 3.8) is 0 Å². The maximum absolute atomic E-state index is 11.5. The first-order chi connectivity index (χ1) is 8.88. The Labute approximate surface area is 122 Å². The average molecular weight is 368 g/mol. The zero-order valence-corrected chi connectivity index (χ0v) is 12.8.